The lowest BCUT2D eigenvalue weighted by atomic mass is 9.92. The van der Waals surface area contributed by atoms with E-state index in [4.69, 9.17) is 0 Å². The fourth-order valence-electron chi connectivity index (χ4n) is 4.09. The third kappa shape index (κ3) is 1.53. The quantitative estimate of drug-likeness (QED) is 0.896. The van der Waals surface area contributed by atoms with Gasteiger partial charge in [0.15, 0.2) is 0 Å². The molecule has 0 radical (unpaired) electrons. The number of nitrogens with zero attached hydrogens (tertiary/aromatic N) is 1. The highest BCUT2D eigenvalue weighted by Gasteiger charge is 2.55. The number of benzene rings is 1. The maximum Gasteiger partial charge on any atom is 0.247 e. The molecule has 106 valence electrons. The minimum Gasteiger partial charge on any atom is -0.310 e. The van der Waals surface area contributed by atoms with Crippen molar-refractivity contribution in [2.45, 2.75) is 50.0 Å². The molecular formula is C17H22N2O. The summed E-state index contributed by atoms with van der Waals surface area (Å²) in [5.74, 6) is 0.300. The molecule has 1 spiro atoms. The molecule has 2 aliphatic heterocycles. The topological polar surface area (TPSA) is 32.3 Å². The average Bonchev–Trinajstić information content (AvgIpc) is 2.98. The van der Waals surface area contributed by atoms with E-state index < -0.39 is 0 Å². The number of carbonyl (C=O) groups excluding carboxylic acids is 1. The Balaban J connectivity index is 1.72. The molecule has 0 bridgehead atoms. The van der Waals surface area contributed by atoms with E-state index in [0.717, 1.165) is 38.0 Å². The van der Waals surface area contributed by atoms with E-state index in [2.05, 4.69) is 41.4 Å². The maximum atomic E-state index is 13.1. The van der Waals surface area contributed by atoms with Crippen LogP contribution in [-0.4, -0.2) is 24.5 Å². The van der Waals surface area contributed by atoms with Gasteiger partial charge >= 0.3 is 0 Å². The summed E-state index contributed by atoms with van der Waals surface area (Å²) in [7, 11) is 0. The number of hydrogen-bond acceptors (Lipinski definition) is 2. The third-order valence-corrected chi connectivity index (χ3v) is 5.58. The van der Waals surface area contributed by atoms with Crippen molar-refractivity contribution < 1.29 is 4.79 Å². The number of carbonyl (C=O) groups is 1. The molecule has 1 saturated carbocycles. The monoisotopic (exact) mass is 270 g/mol. The van der Waals surface area contributed by atoms with Gasteiger partial charge in [0.25, 0.3) is 0 Å². The van der Waals surface area contributed by atoms with Crippen molar-refractivity contribution in [2.75, 3.05) is 18.0 Å². The highest BCUT2D eigenvalue weighted by Crippen LogP contribution is 2.56. The second-order valence-electron chi connectivity index (χ2n) is 6.65. The zero-order valence-corrected chi connectivity index (χ0v) is 12.1. The molecule has 1 N–H and O–H groups in total. The van der Waals surface area contributed by atoms with Crippen LogP contribution in [-0.2, 0) is 10.2 Å². The molecular weight excluding hydrogens is 248 g/mol. The molecule has 1 atom stereocenters. The summed E-state index contributed by atoms with van der Waals surface area (Å²) in [6, 6.07) is 8.51. The minimum atomic E-state index is -0.312. The van der Waals surface area contributed by atoms with Gasteiger partial charge in [-0.15, -0.1) is 0 Å². The first-order valence-electron chi connectivity index (χ1n) is 7.87. The van der Waals surface area contributed by atoms with Gasteiger partial charge in [0.05, 0.1) is 5.54 Å². The van der Waals surface area contributed by atoms with Crippen molar-refractivity contribution >= 4 is 11.6 Å². The van der Waals surface area contributed by atoms with Gasteiger partial charge in [-0.3, -0.25) is 4.79 Å². The summed E-state index contributed by atoms with van der Waals surface area (Å²) in [6.45, 7) is 4.00. The second-order valence-corrected chi connectivity index (χ2v) is 6.65. The fraction of sp³-hybridized carbons (Fsp3) is 0.588. The maximum absolute atomic E-state index is 13.1. The van der Waals surface area contributed by atoms with E-state index in [1.165, 1.54) is 18.4 Å². The molecule has 0 aromatic heterocycles. The number of rotatable bonds is 2. The smallest absolute Gasteiger partial charge is 0.247 e. The van der Waals surface area contributed by atoms with Crippen LogP contribution >= 0.6 is 0 Å². The van der Waals surface area contributed by atoms with Gasteiger partial charge in [-0.1, -0.05) is 25.1 Å². The highest BCUT2D eigenvalue weighted by atomic mass is 16.2. The van der Waals surface area contributed by atoms with E-state index in [-0.39, 0.29) is 5.54 Å². The Morgan fingerprint density at radius 3 is 2.75 bits per heavy atom. The van der Waals surface area contributed by atoms with Gasteiger partial charge in [0.1, 0.15) is 0 Å². The predicted octanol–water partition coefficient (Wildman–Crippen LogP) is 2.60. The predicted molar refractivity (Wildman–Crippen MR) is 80.0 cm³/mol. The summed E-state index contributed by atoms with van der Waals surface area (Å²) in [5, 5.41) is 3.48. The van der Waals surface area contributed by atoms with Crippen molar-refractivity contribution in [2.24, 2.45) is 0 Å². The molecule has 1 amide bonds. The lowest BCUT2D eigenvalue weighted by molar-refractivity contribution is -0.124. The van der Waals surface area contributed by atoms with Crippen LogP contribution in [0.5, 0.6) is 0 Å². The van der Waals surface area contributed by atoms with Gasteiger partial charge in [0.2, 0.25) is 5.91 Å². The zero-order chi connectivity index (χ0) is 13.8. The third-order valence-electron chi connectivity index (χ3n) is 5.58. The van der Waals surface area contributed by atoms with Crippen molar-refractivity contribution in [3.63, 3.8) is 0 Å². The summed E-state index contributed by atoms with van der Waals surface area (Å²) in [4.78, 5) is 15.2. The summed E-state index contributed by atoms with van der Waals surface area (Å²) < 4.78 is 0. The number of hydrogen-bond donors (Lipinski definition) is 1. The minimum absolute atomic E-state index is 0.291. The van der Waals surface area contributed by atoms with Crippen LogP contribution in [0.4, 0.5) is 5.69 Å². The van der Waals surface area contributed by atoms with Gasteiger partial charge in [-0.05, 0) is 50.3 Å². The van der Waals surface area contributed by atoms with Crippen LogP contribution < -0.4 is 10.2 Å². The normalized spacial score (nSPS) is 29.8. The molecule has 3 aliphatic rings. The van der Waals surface area contributed by atoms with Gasteiger partial charge < -0.3 is 10.2 Å². The Morgan fingerprint density at radius 2 is 2.10 bits per heavy atom. The molecule has 3 nitrogen and oxygen atoms in total. The Kier molecular flexibility index (Phi) is 2.53. The Bertz CT molecular complexity index is 556. The zero-order valence-electron chi connectivity index (χ0n) is 12.1. The second kappa shape index (κ2) is 4.08. The Hall–Kier alpha value is -1.35. The van der Waals surface area contributed by atoms with E-state index in [1.807, 2.05) is 0 Å². The van der Waals surface area contributed by atoms with Crippen LogP contribution in [0.15, 0.2) is 24.3 Å². The van der Waals surface area contributed by atoms with Crippen molar-refractivity contribution in [1.29, 1.82) is 0 Å². The molecule has 3 heteroatoms. The molecule has 1 aliphatic carbocycles. The highest BCUT2D eigenvalue weighted by molar-refractivity contribution is 6.02. The Morgan fingerprint density at radius 1 is 1.30 bits per heavy atom. The number of para-hydroxylation sites is 1. The van der Waals surface area contributed by atoms with E-state index in [1.54, 1.807) is 0 Å². The van der Waals surface area contributed by atoms with Crippen LogP contribution in [0.3, 0.4) is 0 Å². The van der Waals surface area contributed by atoms with Gasteiger partial charge in [-0.2, -0.15) is 0 Å². The number of anilines is 1. The van der Waals surface area contributed by atoms with Crippen molar-refractivity contribution in [3.05, 3.63) is 29.8 Å². The lowest BCUT2D eigenvalue weighted by Crippen LogP contribution is -2.54. The molecule has 1 saturated heterocycles. The largest absolute Gasteiger partial charge is 0.310 e. The number of nitrogens with one attached hydrogen (secondary N) is 1. The molecule has 2 fully saturated rings. The van der Waals surface area contributed by atoms with Gasteiger partial charge in [0, 0.05) is 17.6 Å². The molecule has 4 rings (SSSR count). The SMILES string of the molecule is CCC1(C(=O)N2CC3(CC3)c3ccccc32)CCCN1. The lowest BCUT2D eigenvalue weighted by Gasteiger charge is -2.32. The Labute approximate surface area is 120 Å². The van der Waals surface area contributed by atoms with Crippen LogP contribution in [0, 0.1) is 0 Å². The number of fused-ring (bicyclic) bond motifs is 2. The molecule has 1 aromatic rings. The first kappa shape index (κ1) is 12.4. The molecule has 1 aromatic carbocycles. The summed E-state index contributed by atoms with van der Waals surface area (Å²) in [5.41, 5.74) is 2.54. The van der Waals surface area contributed by atoms with Crippen molar-refractivity contribution in [1.82, 2.24) is 5.32 Å². The summed E-state index contributed by atoms with van der Waals surface area (Å²) >= 11 is 0. The standard InChI is InChI=1S/C17H22N2O/c1-2-17(8-5-11-18-17)15(20)19-12-16(9-10-16)13-6-3-4-7-14(13)19/h3-4,6-7,18H,2,5,8-12H2,1H3. The van der Waals surface area contributed by atoms with E-state index in [9.17, 15) is 4.79 Å². The van der Waals surface area contributed by atoms with Crippen LogP contribution in [0.25, 0.3) is 0 Å². The van der Waals surface area contributed by atoms with E-state index in [0.29, 0.717) is 11.3 Å². The molecule has 20 heavy (non-hydrogen) atoms. The first-order valence-corrected chi connectivity index (χ1v) is 7.87. The van der Waals surface area contributed by atoms with Crippen LogP contribution in [0.2, 0.25) is 0 Å². The summed E-state index contributed by atoms with van der Waals surface area (Å²) in [6.07, 6.45) is 5.45. The van der Waals surface area contributed by atoms with Gasteiger partial charge in [-0.25, -0.2) is 0 Å². The van der Waals surface area contributed by atoms with Crippen molar-refractivity contribution in [3.8, 4) is 0 Å². The fourth-order valence-corrected chi connectivity index (χ4v) is 4.09. The van der Waals surface area contributed by atoms with E-state index >= 15 is 0 Å². The average molecular weight is 270 g/mol. The first-order chi connectivity index (χ1) is 9.71. The number of amides is 1. The van der Waals surface area contributed by atoms with Crippen LogP contribution in [0.1, 0.15) is 44.6 Å². The molecule has 2 heterocycles. The molecule has 1 unspecified atom stereocenters.